The molecule has 0 spiro atoms. The van der Waals surface area contributed by atoms with E-state index in [1.54, 1.807) is 29.5 Å². The fourth-order valence-corrected chi connectivity index (χ4v) is 4.45. The molecule has 3 rings (SSSR count). The molecule has 0 radical (unpaired) electrons. The summed E-state index contributed by atoms with van der Waals surface area (Å²) in [6.07, 6.45) is 4.31. The lowest BCUT2D eigenvalue weighted by molar-refractivity contribution is 0.0697. The van der Waals surface area contributed by atoms with E-state index < -0.39 is 0 Å². The highest BCUT2D eigenvalue weighted by atomic mass is 32.1. The molecule has 2 aromatic heterocycles. The second-order valence-corrected chi connectivity index (χ2v) is 7.43. The molecule has 0 bridgehead atoms. The Hall–Kier alpha value is -1.24. The lowest BCUT2D eigenvalue weighted by Crippen LogP contribution is -2.34. The minimum absolute atomic E-state index is 0.00518. The molecule has 1 saturated carbocycles. The van der Waals surface area contributed by atoms with Gasteiger partial charge in [0.1, 0.15) is 9.88 Å². The maximum Gasteiger partial charge on any atom is 0.265 e. The van der Waals surface area contributed by atoms with E-state index in [0.717, 1.165) is 29.1 Å². The number of nitrogens with zero attached hydrogens (tertiary/aromatic N) is 2. The van der Waals surface area contributed by atoms with Gasteiger partial charge in [-0.25, -0.2) is 4.98 Å². The van der Waals surface area contributed by atoms with Crippen LogP contribution in [-0.2, 0) is 0 Å². The highest BCUT2D eigenvalue weighted by Crippen LogP contribution is 2.30. The zero-order valence-corrected chi connectivity index (χ0v) is 13.5. The van der Waals surface area contributed by atoms with Gasteiger partial charge in [-0.15, -0.1) is 22.7 Å². The maximum atomic E-state index is 12.4. The molecule has 0 aromatic carbocycles. The van der Waals surface area contributed by atoms with Crippen LogP contribution in [0, 0.1) is 5.92 Å². The second kappa shape index (κ2) is 6.25. The predicted molar refractivity (Wildman–Crippen MR) is 85.7 cm³/mol. The fraction of sp³-hybridized carbons (Fsp3) is 0.467. The van der Waals surface area contributed by atoms with Crippen molar-refractivity contribution in [3.8, 4) is 9.88 Å². The fourth-order valence-electron chi connectivity index (χ4n) is 2.74. The van der Waals surface area contributed by atoms with Gasteiger partial charge in [0.05, 0.1) is 17.2 Å². The van der Waals surface area contributed by atoms with Crippen molar-refractivity contribution in [2.24, 2.45) is 5.92 Å². The number of aliphatic hydroxyl groups excluding tert-OH is 1. The molecule has 2 heterocycles. The van der Waals surface area contributed by atoms with Crippen molar-refractivity contribution in [2.45, 2.75) is 25.4 Å². The topological polar surface area (TPSA) is 53.4 Å². The highest BCUT2D eigenvalue weighted by Gasteiger charge is 2.28. The first kappa shape index (κ1) is 14.7. The van der Waals surface area contributed by atoms with Crippen LogP contribution in [0.1, 0.15) is 28.9 Å². The van der Waals surface area contributed by atoms with Crippen LogP contribution >= 0.6 is 22.7 Å². The second-order valence-electron chi connectivity index (χ2n) is 5.45. The molecule has 0 saturated heterocycles. The molecule has 2 aromatic rings. The zero-order chi connectivity index (χ0) is 14.8. The molecule has 0 unspecified atom stereocenters. The molecule has 1 aliphatic rings. The summed E-state index contributed by atoms with van der Waals surface area (Å²) in [5, 5.41) is 12.8. The Morgan fingerprint density at radius 2 is 2.38 bits per heavy atom. The molecule has 1 fully saturated rings. The van der Waals surface area contributed by atoms with Gasteiger partial charge in [-0.05, 0) is 24.3 Å². The lowest BCUT2D eigenvalue weighted by Gasteiger charge is -2.22. The Morgan fingerprint density at radius 3 is 3.05 bits per heavy atom. The molecule has 2 atom stereocenters. The Balaban J connectivity index is 1.67. The van der Waals surface area contributed by atoms with Crippen molar-refractivity contribution < 1.29 is 9.90 Å². The van der Waals surface area contributed by atoms with E-state index in [1.165, 1.54) is 11.3 Å². The van der Waals surface area contributed by atoms with E-state index in [0.29, 0.717) is 11.4 Å². The van der Waals surface area contributed by atoms with Gasteiger partial charge in [0.2, 0.25) is 0 Å². The van der Waals surface area contributed by atoms with Crippen LogP contribution < -0.4 is 0 Å². The Morgan fingerprint density at radius 1 is 1.52 bits per heavy atom. The van der Waals surface area contributed by atoms with Gasteiger partial charge in [0.15, 0.2) is 0 Å². The quantitative estimate of drug-likeness (QED) is 0.941. The SMILES string of the molecule is CN(C[C@H]1CCC[C@@H]1O)C(=O)c1cnc(-c2cccs2)s1. The number of hydrogen-bond donors (Lipinski definition) is 1. The first-order valence-electron chi connectivity index (χ1n) is 7.08. The Bertz CT molecular complexity index is 609. The first-order chi connectivity index (χ1) is 10.1. The average Bonchev–Trinajstić information content (AvgIpc) is 3.18. The van der Waals surface area contributed by atoms with Gasteiger partial charge < -0.3 is 10.0 Å². The summed E-state index contributed by atoms with van der Waals surface area (Å²) in [6, 6.07) is 3.99. The van der Waals surface area contributed by atoms with Crippen LogP contribution in [0.4, 0.5) is 0 Å². The van der Waals surface area contributed by atoms with Crippen LogP contribution in [0.2, 0.25) is 0 Å². The zero-order valence-electron chi connectivity index (χ0n) is 11.9. The van der Waals surface area contributed by atoms with E-state index in [2.05, 4.69) is 4.98 Å². The number of rotatable bonds is 4. The van der Waals surface area contributed by atoms with Crippen LogP contribution in [0.3, 0.4) is 0 Å². The standard InChI is InChI=1S/C15H18N2O2S2/c1-17(9-10-4-2-5-11(10)18)15(19)13-8-16-14(21-13)12-6-3-7-20-12/h3,6-8,10-11,18H,2,4-5,9H2,1H3/t10-,11+/m1/s1. The smallest absolute Gasteiger partial charge is 0.265 e. The molecule has 6 heteroatoms. The summed E-state index contributed by atoms with van der Waals surface area (Å²) < 4.78 is 0. The molecule has 1 N–H and O–H groups in total. The number of carbonyl (C=O) groups excluding carboxylic acids is 1. The van der Waals surface area contributed by atoms with Gasteiger partial charge in [-0.3, -0.25) is 4.79 Å². The third-order valence-electron chi connectivity index (χ3n) is 3.92. The monoisotopic (exact) mass is 322 g/mol. The van der Waals surface area contributed by atoms with Crippen LogP contribution in [0.15, 0.2) is 23.7 Å². The first-order valence-corrected chi connectivity index (χ1v) is 8.78. The lowest BCUT2D eigenvalue weighted by atomic mass is 10.1. The summed E-state index contributed by atoms with van der Waals surface area (Å²) >= 11 is 3.06. The molecular formula is C15H18N2O2S2. The average molecular weight is 322 g/mol. The number of hydrogen-bond acceptors (Lipinski definition) is 5. The number of aliphatic hydroxyl groups is 1. The summed E-state index contributed by atoms with van der Waals surface area (Å²) in [4.78, 5) is 20.2. The number of amides is 1. The van der Waals surface area contributed by atoms with Crippen molar-refractivity contribution in [3.63, 3.8) is 0 Å². The van der Waals surface area contributed by atoms with E-state index in [-0.39, 0.29) is 17.9 Å². The third kappa shape index (κ3) is 3.17. The molecule has 21 heavy (non-hydrogen) atoms. The van der Waals surface area contributed by atoms with Crippen LogP contribution in [0.25, 0.3) is 9.88 Å². The van der Waals surface area contributed by atoms with Gasteiger partial charge in [-0.2, -0.15) is 0 Å². The largest absolute Gasteiger partial charge is 0.393 e. The maximum absolute atomic E-state index is 12.4. The minimum Gasteiger partial charge on any atom is -0.393 e. The number of thiazole rings is 1. The molecule has 1 aliphatic carbocycles. The Kier molecular flexibility index (Phi) is 4.37. The van der Waals surface area contributed by atoms with Crippen molar-refractivity contribution in [1.29, 1.82) is 0 Å². The summed E-state index contributed by atoms with van der Waals surface area (Å²) in [5.74, 6) is 0.207. The molecule has 4 nitrogen and oxygen atoms in total. The molecule has 1 amide bonds. The normalized spacial score (nSPS) is 21.6. The van der Waals surface area contributed by atoms with Crippen molar-refractivity contribution in [1.82, 2.24) is 9.88 Å². The van der Waals surface area contributed by atoms with Gasteiger partial charge in [0, 0.05) is 19.5 Å². The van der Waals surface area contributed by atoms with Gasteiger partial charge >= 0.3 is 0 Å². The summed E-state index contributed by atoms with van der Waals surface area (Å²) in [6.45, 7) is 0.617. The number of thiophene rings is 1. The summed E-state index contributed by atoms with van der Waals surface area (Å²) in [7, 11) is 1.80. The van der Waals surface area contributed by atoms with E-state index >= 15 is 0 Å². The van der Waals surface area contributed by atoms with Crippen LogP contribution in [0.5, 0.6) is 0 Å². The van der Waals surface area contributed by atoms with Crippen molar-refractivity contribution in [3.05, 3.63) is 28.6 Å². The van der Waals surface area contributed by atoms with Crippen molar-refractivity contribution >= 4 is 28.6 Å². The van der Waals surface area contributed by atoms with E-state index in [4.69, 9.17) is 0 Å². The third-order valence-corrected chi connectivity index (χ3v) is 5.95. The van der Waals surface area contributed by atoms with Gasteiger partial charge in [0.25, 0.3) is 5.91 Å². The highest BCUT2D eigenvalue weighted by molar-refractivity contribution is 7.21. The number of aromatic nitrogens is 1. The minimum atomic E-state index is -0.261. The van der Waals surface area contributed by atoms with Gasteiger partial charge in [-0.1, -0.05) is 12.5 Å². The van der Waals surface area contributed by atoms with Crippen LogP contribution in [-0.4, -0.2) is 40.6 Å². The molecule has 112 valence electrons. The van der Waals surface area contributed by atoms with E-state index in [1.807, 2.05) is 17.5 Å². The summed E-state index contributed by atoms with van der Waals surface area (Å²) in [5.41, 5.74) is 0. The van der Waals surface area contributed by atoms with Crippen molar-refractivity contribution in [2.75, 3.05) is 13.6 Å². The Labute approximate surface area is 132 Å². The molecular weight excluding hydrogens is 304 g/mol. The molecule has 0 aliphatic heterocycles. The van der Waals surface area contributed by atoms with E-state index in [9.17, 15) is 9.90 Å². The predicted octanol–water partition coefficient (Wildman–Crippen LogP) is 3.10. The number of carbonyl (C=O) groups is 1.